The van der Waals surface area contributed by atoms with Crippen molar-refractivity contribution in [2.24, 2.45) is 5.92 Å². The Labute approximate surface area is 101 Å². The normalized spacial score (nSPS) is 24.2. The van der Waals surface area contributed by atoms with Crippen molar-refractivity contribution in [2.45, 2.75) is 51.7 Å². The Balaban J connectivity index is 2.39. The minimum absolute atomic E-state index is 0.177. The third-order valence-corrected chi connectivity index (χ3v) is 2.55. The van der Waals surface area contributed by atoms with Gasteiger partial charge in [-0.3, -0.25) is 4.79 Å². The lowest BCUT2D eigenvalue weighted by Crippen LogP contribution is -2.28. The third-order valence-electron chi connectivity index (χ3n) is 2.55. The standard InChI is InChI=1S/C12H20O5/c1-12(2,3)17-10(13)8-5-6-9(7-8)16-11(14)15-4/h8-9H,5-7H2,1-4H3/t8-,9-/m1/s1. The molecule has 5 nitrogen and oxygen atoms in total. The fourth-order valence-electron chi connectivity index (χ4n) is 1.83. The lowest BCUT2D eigenvalue weighted by Gasteiger charge is -2.22. The van der Waals surface area contributed by atoms with Crippen LogP contribution in [0.4, 0.5) is 4.79 Å². The van der Waals surface area contributed by atoms with Gasteiger partial charge in [-0.1, -0.05) is 0 Å². The fourth-order valence-corrected chi connectivity index (χ4v) is 1.83. The van der Waals surface area contributed by atoms with E-state index in [1.54, 1.807) is 0 Å². The fraction of sp³-hybridized carbons (Fsp3) is 0.833. The maximum Gasteiger partial charge on any atom is 0.508 e. The molecule has 1 saturated carbocycles. The molecule has 0 heterocycles. The zero-order valence-corrected chi connectivity index (χ0v) is 10.8. The molecule has 0 saturated heterocycles. The van der Waals surface area contributed by atoms with Gasteiger partial charge in [0, 0.05) is 0 Å². The summed E-state index contributed by atoms with van der Waals surface area (Å²) in [6.45, 7) is 5.51. The third kappa shape index (κ3) is 4.63. The molecule has 1 fully saturated rings. The van der Waals surface area contributed by atoms with Crippen molar-refractivity contribution in [3.05, 3.63) is 0 Å². The molecule has 0 aromatic carbocycles. The Morgan fingerprint density at radius 3 is 2.35 bits per heavy atom. The van der Waals surface area contributed by atoms with E-state index in [1.165, 1.54) is 7.11 Å². The van der Waals surface area contributed by atoms with Crippen LogP contribution in [0.3, 0.4) is 0 Å². The molecule has 0 radical (unpaired) electrons. The van der Waals surface area contributed by atoms with Crippen LogP contribution in [-0.2, 0) is 19.0 Å². The van der Waals surface area contributed by atoms with Crippen LogP contribution in [-0.4, -0.2) is 30.9 Å². The van der Waals surface area contributed by atoms with Crippen molar-refractivity contribution in [2.75, 3.05) is 7.11 Å². The molecule has 0 unspecified atom stereocenters. The maximum absolute atomic E-state index is 11.8. The molecule has 0 aromatic rings. The van der Waals surface area contributed by atoms with E-state index in [1.807, 2.05) is 20.8 Å². The van der Waals surface area contributed by atoms with E-state index in [2.05, 4.69) is 4.74 Å². The van der Waals surface area contributed by atoms with Crippen molar-refractivity contribution < 1.29 is 23.8 Å². The van der Waals surface area contributed by atoms with Gasteiger partial charge in [-0.2, -0.15) is 0 Å². The summed E-state index contributed by atoms with van der Waals surface area (Å²) in [6.07, 6.45) is 0.958. The SMILES string of the molecule is COC(=O)O[C@@H]1CC[C@@H](C(=O)OC(C)(C)C)C1. The Bertz CT molecular complexity index is 292. The first-order valence-corrected chi connectivity index (χ1v) is 5.79. The van der Waals surface area contributed by atoms with Gasteiger partial charge in [0.05, 0.1) is 13.0 Å². The molecular weight excluding hydrogens is 224 g/mol. The Kier molecular flexibility index (Phi) is 4.37. The summed E-state index contributed by atoms with van der Waals surface area (Å²) in [7, 11) is 1.27. The molecule has 1 aliphatic carbocycles. The van der Waals surface area contributed by atoms with Crippen molar-refractivity contribution in [1.29, 1.82) is 0 Å². The van der Waals surface area contributed by atoms with Gasteiger partial charge in [0.15, 0.2) is 0 Å². The second-order valence-corrected chi connectivity index (χ2v) is 5.24. The second kappa shape index (κ2) is 5.38. The number of hydrogen-bond acceptors (Lipinski definition) is 5. The van der Waals surface area contributed by atoms with Crippen LogP contribution < -0.4 is 0 Å². The molecule has 2 atom stereocenters. The average molecular weight is 244 g/mol. The van der Waals surface area contributed by atoms with Gasteiger partial charge in [-0.05, 0) is 40.0 Å². The summed E-state index contributed by atoms with van der Waals surface area (Å²) in [5, 5.41) is 0. The molecule has 0 bridgehead atoms. The Morgan fingerprint density at radius 2 is 1.82 bits per heavy atom. The summed E-state index contributed by atoms with van der Waals surface area (Å²) in [5.74, 6) is -0.391. The lowest BCUT2D eigenvalue weighted by molar-refractivity contribution is -0.160. The topological polar surface area (TPSA) is 61.8 Å². The van der Waals surface area contributed by atoms with Crippen LogP contribution >= 0.6 is 0 Å². The maximum atomic E-state index is 11.8. The minimum Gasteiger partial charge on any atom is -0.460 e. The predicted octanol–water partition coefficient (Wildman–Crippen LogP) is 2.28. The van der Waals surface area contributed by atoms with E-state index >= 15 is 0 Å². The van der Waals surface area contributed by atoms with E-state index in [4.69, 9.17) is 9.47 Å². The number of carbonyl (C=O) groups excluding carboxylic acids is 2. The lowest BCUT2D eigenvalue weighted by atomic mass is 10.1. The van der Waals surface area contributed by atoms with Crippen LogP contribution in [0.2, 0.25) is 0 Å². The van der Waals surface area contributed by atoms with Crippen molar-refractivity contribution in [3.8, 4) is 0 Å². The zero-order valence-electron chi connectivity index (χ0n) is 10.8. The van der Waals surface area contributed by atoms with Gasteiger partial charge < -0.3 is 14.2 Å². The first kappa shape index (κ1) is 13.8. The van der Waals surface area contributed by atoms with E-state index in [9.17, 15) is 9.59 Å². The van der Waals surface area contributed by atoms with Crippen molar-refractivity contribution in [3.63, 3.8) is 0 Å². The predicted molar refractivity (Wildman–Crippen MR) is 60.5 cm³/mol. The largest absolute Gasteiger partial charge is 0.508 e. The number of ether oxygens (including phenoxy) is 3. The number of methoxy groups -OCH3 is 1. The van der Waals surface area contributed by atoms with Gasteiger partial charge in [0.1, 0.15) is 11.7 Å². The molecule has 0 aliphatic heterocycles. The molecule has 0 aromatic heterocycles. The van der Waals surface area contributed by atoms with Gasteiger partial charge in [0.2, 0.25) is 0 Å². The molecule has 0 spiro atoms. The average Bonchev–Trinajstić information content (AvgIpc) is 2.63. The van der Waals surface area contributed by atoms with Gasteiger partial charge >= 0.3 is 12.1 Å². The number of carbonyl (C=O) groups is 2. The van der Waals surface area contributed by atoms with Gasteiger partial charge in [0.25, 0.3) is 0 Å². The highest BCUT2D eigenvalue weighted by molar-refractivity contribution is 5.73. The summed E-state index contributed by atoms with van der Waals surface area (Å²) < 4.78 is 14.7. The van der Waals surface area contributed by atoms with E-state index in [-0.39, 0.29) is 18.0 Å². The van der Waals surface area contributed by atoms with E-state index in [0.29, 0.717) is 19.3 Å². The van der Waals surface area contributed by atoms with Gasteiger partial charge in [-0.25, -0.2) is 4.79 Å². The molecule has 5 heteroatoms. The summed E-state index contributed by atoms with van der Waals surface area (Å²) in [5.41, 5.74) is -0.474. The number of hydrogen-bond donors (Lipinski definition) is 0. The molecule has 0 amide bonds. The summed E-state index contributed by atoms with van der Waals surface area (Å²) in [6, 6.07) is 0. The smallest absolute Gasteiger partial charge is 0.460 e. The van der Waals surface area contributed by atoms with Crippen LogP contribution in [0.5, 0.6) is 0 Å². The molecular formula is C12H20O5. The zero-order chi connectivity index (χ0) is 13.1. The second-order valence-electron chi connectivity index (χ2n) is 5.24. The monoisotopic (exact) mass is 244 g/mol. The summed E-state index contributed by atoms with van der Waals surface area (Å²) in [4.78, 5) is 22.7. The Hall–Kier alpha value is -1.26. The van der Waals surface area contributed by atoms with E-state index < -0.39 is 11.8 Å². The first-order chi connectivity index (χ1) is 7.81. The highest BCUT2D eigenvalue weighted by Crippen LogP contribution is 2.30. The molecule has 0 N–H and O–H groups in total. The molecule has 17 heavy (non-hydrogen) atoms. The van der Waals surface area contributed by atoms with Crippen molar-refractivity contribution in [1.82, 2.24) is 0 Å². The van der Waals surface area contributed by atoms with Crippen LogP contribution in [0, 0.1) is 5.92 Å². The molecule has 98 valence electrons. The quantitative estimate of drug-likeness (QED) is 0.697. The Morgan fingerprint density at radius 1 is 1.18 bits per heavy atom. The highest BCUT2D eigenvalue weighted by Gasteiger charge is 2.35. The molecule has 1 aliphatic rings. The van der Waals surface area contributed by atoms with Crippen LogP contribution in [0.15, 0.2) is 0 Å². The number of esters is 1. The van der Waals surface area contributed by atoms with Crippen molar-refractivity contribution >= 4 is 12.1 Å². The molecule has 1 rings (SSSR count). The van der Waals surface area contributed by atoms with Gasteiger partial charge in [-0.15, -0.1) is 0 Å². The highest BCUT2D eigenvalue weighted by atomic mass is 16.7. The van der Waals surface area contributed by atoms with Crippen LogP contribution in [0.1, 0.15) is 40.0 Å². The number of rotatable bonds is 2. The first-order valence-electron chi connectivity index (χ1n) is 5.79. The van der Waals surface area contributed by atoms with E-state index in [0.717, 1.165) is 0 Å². The summed E-state index contributed by atoms with van der Waals surface area (Å²) >= 11 is 0. The minimum atomic E-state index is -0.695. The van der Waals surface area contributed by atoms with Crippen LogP contribution in [0.25, 0.3) is 0 Å².